The molecule has 1 saturated heterocycles. The minimum Gasteiger partial charge on any atom is -0.390 e. The van der Waals surface area contributed by atoms with Crippen LogP contribution in [0.3, 0.4) is 0 Å². The van der Waals surface area contributed by atoms with E-state index in [4.69, 9.17) is 10.2 Å². The molecule has 2 N–H and O–H groups in total. The van der Waals surface area contributed by atoms with Crippen molar-refractivity contribution in [2.75, 3.05) is 35.2 Å². The zero-order valence-electron chi connectivity index (χ0n) is 8.14. The third-order valence-corrected chi connectivity index (χ3v) is 3.42. The van der Waals surface area contributed by atoms with Gasteiger partial charge in [-0.25, -0.2) is 0 Å². The van der Waals surface area contributed by atoms with Gasteiger partial charge < -0.3 is 15.1 Å². The van der Waals surface area contributed by atoms with Crippen molar-refractivity contribution in [1.82, 2.24) is 10.2 Å². The Morgan fingerprint density at radius 2 is 2.43 bits per heavy atom. The third kappa shape index (κ3) is 2.12. The van der Waals surface area contributed by atoms with Gasteiger partial charge in [0.25, 0.3) is 0 Å². The Morgan fingerprint density at radius 3 is 3.14 bits per heavy atom. The lowest BCUT2D eigenvalue weighted by atomic mass is 10.2. The highest BCUT2D eigenvalue weighted by molar-refractivity contribution is 7.99. The Hall–Kier alpha value is -0.910. The van der Waals surface area contributed by atoms with Crippen LogP contribution in [0.2, 0.25) is 0 Å². The van der Waals surface area contributed by atoms with Crippen molar-refractivity contribution in [3.05, 3.63) is 0 Å². The van der Waals surface area contributed by atoms with E-state index < -0.39 is 0 Å². The summed E-state index contributed by atoms with van der Waals surface area (Å²) in [5.74, 6) is 2.95. The quantitative estimate of drug-likeness (QED) is 0.747. The molecule has 0 radical (unpaired) electrons. The molecule has 5 nitrogen and oxygen atoms in total. The average Bonchev–Trinajstić information content (AvgIpc) is 2.45. The molecule has 1 aliphatic heterocycles. The van der Waals surface area contributed by atoms with Gasteiger partial charge in [0.2, 0.25) is 0 Å². The number of hydrogen-bond acceptors (Lipinski definition) is 6. The van der Waals surface area contributed by atoms with Gasteiger partial charge in [-0.05, 0) is 11.7 Å². The number of anilines is 2. The summed E-state index contributed by atoms with van der Waals surface area (Å²) in [6.45, 7) is 4.15. The van der Waals surface area contributed by atoms with Gasteiger partial charge in [-0.1, -0.05) is 17.1 Å². The van der Waals surface area contributed by atoms with E-state index in [1.54, 1.807) is 0 Å². The normalized spacial score (nSPS) is 23.5. The topological polar surface area (TPSA) is 68.2 Å². The number of nitrogen functional groups attached to an aromatic ring is 1. The van der Waals surface area contributed by atoms with Crippen LogP contribution >= 0.6 is 11.8 Å². The summed E-state index contributed by atoms with van der Waals surface area (Å²) in [6.07, 6.45) is 0. The largest absolute Gasteiger partial charge is 0.390 e. The van der Waals surface area contributed by atoms with E-state index >= 15 is 0 Å². The number of hydrogen-bond donors (Lipinski definition) is 1. The molecule has 0 saturated carbocycles. The number of nitrogens with two attached hydrogens (primary N) is 1. The fraction of sp³-hybridized carbons (Fsp3) is 0.750. The number of aromatic nitrogens is 2. The zero-order chi connectivity index (χ0) is 9.97. The van der Waals surface area contributed by atoms with Gasteiger partial charge in [-0.3, -0.25) is 0 Å². The molecule has 2 rings (SSSR count). The molecule has 1 aromatic heterocycles. The lowest BCUT2D eigenvalue weighted by Crippen LogP contribution is -2.29. The van der Waals surface area contributed by atoms with Crippen LogP contribution in [0.4, 0.5) is 12.0 Å². The standard InChI is InChI=1S/C8H14N4OS/c1-6-4-12(2-3-14-5-6)8-11-10-7(9)13-8/h6H,2-5H2,1H3,(H2,9,10). The first-order valence-corrected chi connectivity index (χ1v) is 5.83. The number of thioether (sulfide) groups is 1. The predicted molar refractivity (Wildman–Crippen MR) is 57.4 cm³/mol. The first-order chi connectivity index (χ1) is 6.75. The molecule has 1 fully saturated rings. The maximum Gasteiger partial charge on any atom is 0.319 e. The highest BCUT2D eigenvalue weighted by atomic mass is 32.2. The molecule has 14 heavy (non-hydrogen) atoms. The first-order valence-electron chi connectivity index (χ1n) is 4.67. The number of nitrogens with zero attached hydrogens (tertiary/aromatic N) is 3. The fourth-order valence-electron chi connectivity index (χ4n) is 1.51. The van der Waals surface area contributed by atoms with E-state index in [2.05, 4.69) is 22.0 Å². The van der Waals surface area contributed by atoms with Gasteiger partial charge in [0.15, 0.2) is 0 Å². The van der Waals surface area contributed by atoms with Crippen LogP contribution in [-0.4, -0.2) is 34.8 Å². The second-order valence-electron chi connectivity index (χ2n) is 3.55. The SMILES string of the molecule is CC1CSCCN(c2nnc(N)o2)C1. The van der Waals surface area contributed by atoms with Crippen molar-refractivity contribution in [2.24, 2.45) is 5.92 Å². The van der Waals surface area contributed by atoms with Crippen LogP contribution < -0.4 is 10.6 Å². The van der Waals surface area contributed by atoms with Crippen LogP contribution in [0.25, 0.3) is 0 Å². The van der Waals surface area contributed by atoms with Crippen molar-refractivity contribution >= 4 is 23.8 Å². The van der Waals surface area contributed by atoms with Gasteiger partial charge in [0.1, 0.15) is 0 Å². The third-order valence-electron chi connectivity index (χ3n) is 2.14. The molecule has 2 heterocycles. The van der Waals surface area contributed by atoms with Crippen molar-refractivity contribution in [1.29, 1.82) is 0 Å². The Kier molecular flexibility index (Phi) is 2.81. The Labute approximate surface area is 87.0 Å². The molecule has 1 aliphatic rings. The molecule has 0 spiro atoms. The van der Waals surface area contributed by atoms with E-state index in [-0.39, 0.29) is 6.01 Å². The van der Waals surface area contributed by atoms with Gasteiger partial charge >= 0.3 is 12.0 Å². The van der Waals surface area contributed by atoms with E-state index in [1.807, 2.05) is 11.8 Å². The molecule has 6 heteroatoms. The second-order valence-corrected chi connectivity index (χ2v) is 4.70. The van der Waals surface area contributed by atoms with Crippen molar-refractivity contribution in [2.45, 2.75) is 6.92 Å². The Morgan fingerprint density at radius 1 is 1.57 bits per heavy atom. The average molecular weight is 214 g/mol. The molecular weight excluding hydrogens is 200 g/mol. The van der Waals surface area contributed by atoms with Gasteiger partial charge in [-0.15, -0.1) is 0 Å². The molecule has 0 bridgehead atoms. The molecule has 1 aromatic rings. The van der Waals surface area contributed by atoms with Crippen molar-refractivity contribution < 1.29 is 4.42 Å². The lowest BCUT2D eigenvalue weighted by Gasteiger charge is -2.18. The number of rotatable bonds is 1. The second kappa shape index (κ2) is 4.08. The van der Waals surface area contributed by atoms with E-state index in [9.17, 15) is 0 Å². The van der Waals surface area contributed by atoms with E-state index in [1.165, 1.54) is 5.75 Å². The summed E-state index contributed by atoms with van der Waals surface area (Å²) in [6, 6.07) is 0.696. The minimum absolute atomic E-state index is 0.143. The summed E-state index contributed by atoms with van der Waals surface area (Å²) in [4.78, 5) is 2.11. The Balaban J connectivity index is 2.08. The summed E-state index contributed by atoms with van der Waals surface area (Å²) >= 11 is 1.97. The van der Waals surface area contributed by atoms with Crippen molar-refractivity contribution in [3.63, 3.8) is 0 Å². The maximum absolute atomic E-state index is 5.39. The van der Waals surface area contributed by atoms with Gasteiger partial charge in [-0.2, -0.15) is 11.8 Å². The van der Waals surface area contributed by atoms with Crippen LogP contribution in [0, 0.1) is 5.92 Å². The lowest BCUT2D eigenvalue weighted by molar-refractivity contribution is 0.529. The molecular formula is C8H14N4OS. The smallest absolute Gasteiger partial charge is 0.319 e. The highest BCUT2D eigenvalue weighted by Crippen LogP contribution is 2.20. The highest BCUT2D eigenvalue weighted by Gasteiger charge is 2.19. The Bertz CT molecular complexity index is 303. The molecule has 78 valence electrons. The minimum atomic E-state index is 0.143. The fourth-order valence-corrected chi connectivity index (χ4v) is 2.53. The monoisotopic (exact) mass is 214 g/mol. The summed E-state index contributed by atoms with van der Waals surface area (Å²) < 4.78 is 5.20. The van der Waals surface area contributed by atoms with Crippen LogP contribution in [0.1, 0.15) is 6.92 Å². The summed E-state index contributed by atoms with van der Waals surface area (Å²) in [7, 11) is 0. The van der Waals surface area contributed by atoms with Gasteiger partial charge in [0, 0.05) is 18.8 Å². The maximum atomic E-state index is 5.39. The summed E-state index contributed by atoms with van der Waals surface area (Å²) in [5, 5.41) is 7.55. The van der Waals surface area contributed by atoms with E-state index in [0.29, 0.717) is 11.9 Å². The van der Waals surface area contributed by atoms with E-state index in [0.717, 1.165) is 18.8 Å². The summed E-state index contributed by atoms with van der Waals surface area (Å²) in [5.41, 5.74) is 5.39. The van der Waals surface area contributed by atoms with Crippen LogP contribution in [0.15, 0.2) is 4.42 Å². The van der Waals surface area contributed by atoms with Crippen molar-refractivity contribution in [3.8, 4) is 0 Å². The first kappa shape index (κ1) is 9.64. The molecule has 0 aliphatic carbocycles. The van der Waals surface area contributed by atoms with Crippen LogP contribution in [-0.2, 0) is 0 Å². The molecule has 1 atom stereocenters. The zero-order valence-corrected chi connectivity index (χ0v) is 8.96. The molecule has 0 amide bonds. The predicted octanol–water partition coefficient (Wildman–Crippen LogP) is 0.841. The van der Waals surface area contributed by atoms with Crippen LogP contribution in [0.5, 0.6) is 0 Å². The molecule has 0 aromatic carbocycles. The molecule has 1 unspecified atom stereocenters. The van der Waals surface area contributed by atoms with Gasteiger partial charge in [0.05, 0.1) is 0 Å².